The molecule has 1 aromatic carbocycles. The van der Waals surface area contributed by atoms with Gasteiger partial charge >= 0.3 is 0 Å². The second-order valence-electron chi connectivity index (χ2n) is 7.52. The topological polar surface area (TPSA) is 65.8 Å². The minimum atomic E-state index is 0.0753. The Kier molecular flexibility index (Phi) is 5.39. The average Bonchev–Trinajstić information content (AvgIpc) is 3.39. The van der Waals surface area contributed by atoms with Crippen molar-refractivity contribution in [2.24, 2.45) is 7.05 Å². The van der Waals surface area contributed by atoms with Gasteiger partial charge in [-0.1, -0.05) is 17.8 Å². The summed E-state index contributed by atoms with van der Waals surface area (Å²) in [4.78, 5) is 13.0. The van der Waals surface area contributed by atoms with Crippen LogP contribution in [-0.4, -0.2) is 30.9 Å². The average molecular weight is 421 g/mol. The summed E-state index contributed by atoms with van der Waals surface area (Å²) in [5, 5.41) is 9.07. The van der Waals surface area contributed by atoms with Crippen LogP contribution in [0.5, 0.6) is 0 Å². The smallest absolute Gasteiger partial charge is 0.200 e. The summed E-state index contributed by atoms with van der Waals surface area (Å²) >= 11 is 1.38. The third-order valence-corrected chi connectivity index (χ3v) is 6.13. The molecule has 0 aliphatic heterocycles. The minimum absolute atomic E-state index is 0.0753. The number of hydrogen-bond acceptors (Lipinski definition) is 5. The Labute approximate surface area is 179 Å². The lowest BCUT2D eigenvalue weighted by Gasteiger charge is -2.12. The van der Waals surface area contributed by atoms with Crippen molar-refractivity contribution in [1.82, 2.24) is 19.3 Å². The summed E-state index contributed by atoms with van der Waals surface area (Å²) in [7, 11) is 1.87. The first-order valence-corrected chi connectivity index (χ1v) is 10.7. The molecule has 0 unspecified atom stereocenters. The van der Waals surface area contributed by atoms with Crippen molar-refractivity contribution in [3.8, 4) is 17.3 Å². The molecule has 0 aliphatic carbocycles. The molecule has 154 valence electrons. The van der Waals surface area contributed by atoms with Crippen molar-refractivity contribution >= 4 is 17.5 Å². The van der Waals surface area contributed by atoms with E-state index in [9.17, 15) is 4.79 Å². The van der Waals surface area contributed by atoms with Crippen molar-refractivity contribution in [1.29, 1.82) is 0 Å². The first kappa shape index (κ1) is 20.2. The van der Waals surface area contributed by atoms with Gasteiger partial charge in [0.1, 0.15) is 0 Å². The van der Waals surface area contributed by atoms with Crippen LogP contribution >= 0.6 is 11.8 Å². The van der Waals surface area contributed by atoms with E-state index in [2.05, 4.69) is 46.8 Å². The number of carbonyl (C=O) groups excluding carboxylic acids is 1. The van der Waals surface area contributed by atoms with Gasteiger partial charge in [-0.15, -0.1) is 10.2 Å². The van der Waals surface area contributed by atoms with E-state index in [4.69, 9.17) is 4.42 Å². The zero-order valence-electron chi connectivity index (χ0n) is 17.8. The third kappa shape index (κ3) is 3.73. The molecule has 0 radical (unpaired) electrons. The maximum Gasteiger partial charge on any atom is 0.200 e. The lowest BCUT2D eigenvalue weighted by Crippen LogP contribution is -2.06. The number of benzene rings is 1. The highest BCUT2D eigenvalue weighted by molar-refractivity contribution is 7.99. The predicted octanol–water partition coefficient (Wildman–Crippen LogP) is 5.07. The Morgan fingerprint density at radius 2 is 1.80 bits per heavy atom. The Morgan fingerprint density at radius 1 is 1.07 bits per heavy atom. The Hall–Kier alpha value is -3.06. The van der Waals surface area contributed by atoms with Gasteiger partial charge in [-0.2, -0.15) is 0 Å². The molecule has 0 amide bonds. The maximum atomic E-state index is 13.0. The Balaban J connectivity index is 1.55. The fourth-order valence-corrected chi connectivity index (χ4v) is 4.59. The van der Waals surface area contributed by atoms with Gasteiger partial charge in [-0.05, 0) is 69.2 Å². The highest BCUT2D eigenvalue weighted by Crippen LogP contribution is 2.26. The van der Waals surface area contributed by atoms with Gasteiger partial charge in [-0.3, -0.25) is 4.79 Å². The molecule has 3 aromatic heterocycles. The largest absolute Gasteiger partial charge is 0.461 e. The summed E-state index contributed by atoms with van der Waals surface area (Å²) in [5.74, 6) is 1.66. The highest BCUT2D eigenvalue weighted by Gasteiger charge is 2.19. The molecule has 0 aliphatic rings. The van der Waals surface area contributed by atoms with Crippen molar-refractivity contribution in [2.75, 3.05) is 5.75 Å². The molecule has 4 aromatic rings. The lowest BCUT2D eigenvalue weighted by molar-refractivity contribution is 0.102. The second kappa shape index (κ2) is 7.99. The van der Waals surface area contributed by atoms with E-state index in [-0.39, 0.29) is 5.78 Å². The number of aryl methyl sites for hydroxylation is 3. The van der Waals surface area contributed by atoms with Gasteiger partial charge in [-0.25, -0.2) is 0 Å². The van der Waals surface area contributed by atoms with Crippen LogP contribution in [0.2, 0.25) is 0 Å². The van der Waals surface area contributed by atoms with Crippen LogP contribution in [0.1, 0.15) is 32.9 Å². The van der Waals surface area contributed by atoms with E-state index in [1.54, 1.807) is 6.26 Å². The van der Waals surface area contributed by atoms with E-state index in [0.717, 1.165) is 22.6 Å². The van der Waals surface area contributed by atoms with Crippen molar-refractivity contribution in [3.05, 3.63) is 70.7 Å². The van der Waals surface area contributed by atoms with Crippen LogP contribution in [0.3, 0.4) is 0 Å². The van der Waals surface area contributed by atoms with Gasteiger partial charge in [0.25, 0.3) is 0 Å². The first-order valence-electron chi connectivity index (χ1n) is 9.72. The fraction of sp³-hybridized carbons (Fsp3) is 0.261. The summed E-state index contributed by atoms with van der Waals surface area (Å²) in [6, 6.07) is 12.1. The van der Waals surface area contributed by atoms with E-state index in [1.807, 2.05) is 43.7 Å². The van der Waals surface area contributed by atoms with Gasteiger partial charge in [0.05, 0.1) is 12.0 Å². The Bertz CT molecular complexity index is 1200. The minimum Gasteiger partial charge on any atom is -0.461 e. The molecule has 0 bridgehead atoms. The number of furan rings is 1. The zero-order chi connectivity index (χ0) is 21.4. The molecule has 0 N–H and O–H groups in total. The molecule has 0 fully saturated rings. The SMILES string of the molecule is Cc1cc(C)cc(-n2c(C)cc(C(=O)CSc3nnc(-c4ccco4)n3C)c2C)c1. The third-order valence-electron chi connectivity index (χ3n) is 5.11. The van der Waals surface area contributed by atoms with Gasteiger partial charge in [0, 0.05) is 29.7 Å². The fourth-order valence-electron chi connectivity index (χ4n) is 3.79. The van der Waals surface area contributed by atoms with Gasteiger partial charge in [0.15, 0.2) is 22.5 Å². The van der Waals surface area contributed by atoms with Crippen molar-refractivity contribution in [2.45, 2.75) is 32.9 Å². The molecular weight excluding hydrogens is 396 g/mol. The number of nitrogens with zero attached hydrogens (tertiary/aromatic N) is 4. The second-order valence-corrected chi connectivity index (χ2v) is 8.46. The summed E-state index contributed by atoms with van der Waals surface area (Å²) in [6.45, 7) is 8.21. The van der Waals surface area contributed by atoms with E-state index in [0.29, 0.717) is 22.5 Å². The van der Waals surface area contributed by atoms with Crippen LogP contribution in [0, 0.1) is 27.7 Å². The van der Waals surface area contributed by atoms with Crippen LogP contribution in [-0.2, 0) is 7.05 Å². The van der Waals surface area contributed by atoms with Crippen LogP contribution in [0.15, 0.2) is 52.2 Å². The number of carbonyl (C=O) groups is 1. The Morgan fingerprint density at radius 3 is 2.47 bits per heavy atom. The monoisotopic (exact) mass is 420 g/mol. The normalized spacial score (nSPS) is 11.2. The molecule has 4 rings (SSSR count). The maximum absolute atomic E-state index is 13.0. The summed E-state index contributed by atoms with van der Waals surface area (Å²) in [6.07, 6.45) is 1.60. The molecule has 7 heteroatoms. The molecule has 30 heavy (non-hydrogen) atoms. The zero-order valence-corrected chi connectivity index (χ0v) is 18.6. The molecule has 3 heterocycles. The van der Waals surface area contributed by atoms with Crippen molar-refractivity contribution < 1.29 is 9.21 Å². The molecule has 0 saturated heterocycles. The summed E-state index contributed by atoms with van der Waals surface area (Å²) < 4.78 is 9.39. The number of thioether (sulfide) groups is 1. The lowest BCUT2D eigenvalue weighted by atomic mass is 10.1. The van der Waals surface area contributed by atoms with E-state index < -0.39 is 0 Å². The van der Waals surface area contributed by atoms with Crippen LogP contribution in [0.4, 0.5) is 0 Å². The molecular formula is C23H24N4O2S. The number of hydrogen-bond donors (Lipinski definition) is 0. The quantitative estimate of drug-likeness (QED) is 0.322. The molecule has 0 atom stereocenters. The number of Topliss-reactive ketones (excluding diaryl/α,β-unsaturated/α-hetero) is 1. The molecule has 0 spiro atoms. The van der Waals surface area contributed by atoms with Crippen LogP contribution < -0.4 is 0 Å². The van der Waals surface area contributed by atoms with E-state index >= 15 is 0 Å². The number of rotatable bonds is 6. The predicted molar refractivity (Wildman–Crippen MR) is 118 cm³/mol. The number of ketones is 1. The van der Waals surface area contributed by atoms with Crippen molar-refractivity contribution in [3.63, 3.8) is 0 Å². The van der Waals surface area contributed by atoms with E-state index in [1.165, 1.54) is 22.9 Å². The molecule has 0 saturated carbocycles. The highest BCUT2D eigenvalue weighted by atomic mass is 32.2. The first-order chi connectivity index (χ1) is 14.3. The van der Waals surface area contributed by atoms with Crippen LogP contribution in [0.25, 0.3) is 17.3 Å². The van der Waals surface area contributed by atoms with Gasteiger partial charge < -0.3 is 13.6 Å². The van der Waals surface area contributed by atoms with Gasteiger partial charge in [0.2, 0.25) is 0 Å². The standard InChI is InChI=1S/C23H24N4O2S/c1-14-9-15(2)11-18(10-14)27-16(3)12-19(17(27)4)20(28)13-30-23-25-24-22(26(23)5)21-7-6-8-29-21/h6-12H,13H2,1-5H3. The number of aromatic nitrogens is 4. The summed E-state index contributed by atoms with van der Waals surface area (Å²) in [5.41, 5.74) is 6.24. The molecule has 6 nitrogen and oxygen atoms in total.